The maximum atomic E-state index is 13.5. The summed E-state index contributed by atoms with van der Waals surface area (Å²) < 4.78 is 31.3. The molecule has 4 rings (SSSR count). The lowest BCUT2D eigenvalue weighted by atomic mass is 10.1. The molecule has 196 valence electrons. The van der Waals surface area contributed by atoms with Crippen LogP contribution in [0.2, 0.25) is 0 Å². The van der Waals surface area contributed by atoms with Crippen LogP contribution in [0.25, 0.3) is 5.69 Å². The summed E-state index contributed by atoms with van der Waals surface area (Å²) in [5.74, 6) is -0.554. The molecule has 0 saturated heterocycles. The Labute approximate surface area is 232 Å². The predicted octanol–water partition coefficient (Wildman–Crippen LogP) is 5.82. The summed E-state index contributed by atoms with van der Waals surface area (Å²) in [4.78, 5) is 13.0. The van der Waals surface area contributed by atoms with Gasteiger partial charge in [-0.15, -0.1) is 0 Å². The largest absolute Gasteiger partial charge is 0.318 e. The zero-order valence-electron chi connectivity index (χ0n) is 21.6. The zero-order valence-corrected chi connectivity index (χ0v) is 24.0. The lowest BCUT2D eigenvalue weighted by Gasteiger charge is -2.24. The number of halogens is 1. The van der Waals surface area contributed by atoms with E-state index in [1.54, 1.807) is 36.5 Å². The van der Waals surface area contributed by atoms with Gasteiger partial charge in [0.25, 0.3) is 15.9 Å². The summed E-state index contributed by atoms with van der Waals surface area (Å²) >= 11 is 3.46. The number of amides is 1. The molecule has 3 aromatic carbocycles. The van der Waals surface area contributed by atoms with Crippen LogP contribution in [0, 0.1) is 27.7 Å². The van der Waals surface area contributed by atoms with Gasteiger partial charge in [-0.3, -0.25) is 9.10 Å². The van der Waals surface area contributed by atoms with Crippen LogP contribution in [0.4, 0.5) is 5.69 Å². The SMILES string of the molecule is Cc1cc(C)cc(N(CC(=O)N/N=C/c2cc(C)n(-c3ccc(Br)cc3)c2C)S(=O)(=O)c2ccccc2)c1. The molecule has 9 heteroatoms. The molecule has 1 heterocycles. The maximum absolute atomic E-state index is 13.5. The van der Waals surface area contributed by atoms with Gasteiger partial charge in [0.2, 0.25) is 0 Å². The maximum Gasteiger partial charge on any atom is 0.264 e. The van der Waals surface area contributed by atoms with E-state index in [0.29, 0.717) is 5.69 Å². The van der Waals surface area contributed by atoms with Gasteiger partial charge in [0, 0.05) is 27.1 Å². The molecule has 1 amide bonds. The highest BCUT2D eigenvalue weighted by atomic mass is 79.9. The number of hydrogen-bond acceptors (Lipinski definition) is 4. The van der Waals surface area contributed by atoms with Gasteiger partial charge >= 0.3 is 0 Å². The Balaban J connectivity index is 1.56. The molecule has 0 unspecified atom stereocenters. The van der Waals surface area contributed by atoms with E-state index in [1.165, 1.54) is 12.1 Å². The Morgan fingerprint density at radius 3 is 2.21 bits per heavy atom. The van der Waals surface area contributed by atoms with Gasteiger partial charge in [-0.2, -0.15) is 5.10 Å². The second-order valence-electron chi connectivity index (χ2n) is 9.10. The van der Waals surface area contributed by atoms with Crippen LogP contribution < -0.4 is 9.73 Å². The number of hydrazone groups is 1. The first-order valence-corrected chi connectivity index (χ1v) is 14.2. The average Bonchev–Trinajstić information content (AvgIpc) is 3.15. The van der Waals surface area contributed by atoms with Gasteiger partial charge in [-0.1, -0.05) is 40.2 Å². The van der Waals surface area contributed by atoms with E-state index >= 15 is 0 Å². The molecule has 1 N–H and O–H groups in total. The number of benzene rings is 3. The van der Waals surface area contributed by atoms with Crippen molar-refractivity contribution in [1.82, 2.24) is 9.99 Å². The fraction of sp³-hybridized carbons (Fsp3) is 0.172. The molecular formula is C29H29BrN4O3S. The van der Waals surface area contributed by atoms with Crippen LogP contribution in [-0.4, -0.2) is 31.7 Å². The van der Waals surface area contributed by atoms with Gasteiger partial charge in [-0.05, 0) is 93.4 Å². The third kappa shape index (κ3) is 6.06. The predicted molar refractivity (Wildman–Crippen MR) is 156 cm³/mol. The highest BCUT2D eigenvalue weighted by Crippen LogP contribution is 2.26. The van der Waals surface area contributed by atoms with E-state index < -0.39 is 22.5 Å². The second kappa shape index (κ2) is 11.4. The summed E-state index contributed by atoms with van der Waals surface area (Å²) in [6.45, 7) is 7.33. The fourth-order valence-corrected chi connectivity index (χ4v) is 6.06. The van der Waals surface area contributed by atoms with Crippen LogP contribution >= 0.6 is 15.9 Å². The molecule has 0 atom stereocenters. The lowest BCUT2D eigenvalue weighted by molar-refractivity contribution is -0.119. The van der Waals surface area contributed by atoms with E-state index in [2.05, 4.69) is 31.0 Å². The van der Waals surface area contributed by atoms with Crippen molar-refractivity contribution in [2.24, 2.45) is 5.10 Å². The lowest BCUT2D eigenvalue weighted by Crippen LogP contribution is -2.39. The minimum atomic E-state index is -3.99. The molecule has 0 radical (unpaired) electrons. The van der Waals surface area contributed by atoms with Crippen LogP contribution in [0.15, 0.2) is 93.3 Å². The molecule has 4 aromatic rings. The number of aryl methyl sites for hydroxylation is 3. The van der Waals surface area contributed by atoms with Gasteiger partial charge in [-0.25, -0.2) is 13.8 Å². The third-order valence-corrected chi connectivity index (χ3v) is 8.38. The minimum Gasteiger partial charge on any atom is -0.318 e. The number of rotatable bonds is 8. The summed E-state index contributed by atoms with van der Waals surface area (Å²) in [6, 6.07) is 23.5. The molecule has 7 nitrogen and oxygen atoms in total. The summed E-state index contributed by atoms with van der Waals surface area (Å²) in [5, 5.41) is 4.13. The first-order valence-electron chi connectivity index (χ1n) is 12.0. The van der Waals surface area contributed by atoms with Crippen molar-refractivity contribution in [2.45, 2.75) is 32.6 Å². The molecule has 0 aliphatic heterocycles. The normalized spacial score (nSPS) is 11.6. The van der Waals surface area contributed by atoms with Crippen molar-refractivity contribution in [1.29, 1.82) is 0 Å². The molecule has 0 aliphatic carbocycles. The number of hydrogen-bond donors (Lipinski definition) is 1. The van der Waals surface area contributed by atoms with Crippen molar-refractivity contribution >= 4 is 43.8 Å². The number of aromatic nitrogens is 1. The molecule has 0 saturated carbocycles. The van der Waals surface area contributed by atoms with Crippen molar-refractivity contribution in [2.75, 3.05) is 10.8 Å². The van der Waals surface area contributed by atoms with Gasteiger partial charge in [0.15, 0.2) is 0 Å². The van der Waals surface area contributed by atoms with Crippen LogP contribution in [0.3, 0.4) is 0 Å². The van der Waals surface area contributed by atoms with Crippen LogP contribution in [0.1, 0.15) is 28.1 Å². The van der Waals surface area contributed by atoms with Crippen molar-refractivity contribution < 1.29 is 13.2 Å². The molecule has 0 spiro atoms. The standard InChI is InChI=1S/C29H29BrN4O3S/c1-20-14-21(2)16-27(15-20)33(38(36,37)28-8-6-5-7-9-28)19-29(35)32-31-18-24-17-22(3)34(23(24)4)26-12-10-25(30)11-13-26/h5-18H,19H2,1-4H3,(H,32,35)/b31-18+. The first-order chi connectivity index (χ1) is 18.1. The Morgan fingerprint density at radius 2 is 1.58 bits per heavy atom. The van der Waals surface area contributed by atoms with Crippen molar-refractivity contribution in [3.05, 3.63) is 111 Å². The third-order valence-electron chi connectivity index (χ3n) is 6.06. The molecule has 0 aliphatic rings. The molecule has 0 bridgehead atoms. The van der Waals surface area contributed by atoms with E-state index in [9.17, 15) is 13.2 Å². The second-order valence-corrected chi connectivity index (χ2v) is 11.9. The smallest absolute Gasteiger partial charge is 0.264 e. The highest BCUT2D eigenvalue weighted by molar-refractivity contribution is 9.10. The number of anilines is 1. The van der Waals surface area contributed by atoms with Crippen LogP contribution in [-0.2, 0) is 14.8 Å². The average molecular weight is 594 g/mol. The number of nitrogens with one attached hydrogen (secondary N) is 1. The Hall–Kier alpha value is -3.69. The zero-order chi connectivity index (χ0) is 27.4. The summed E-state index contributed by atoms with van der Waals surface area (Å²) in [5.41, 5.74) is 8.55. The fourth-order valence-electron chi connectivity index (χ4n) is 4.37. The summed E-state index contributed by atoms with van der Waals surface area (Å²) in [7, 11) is -3.99. The first kappa shape index (κ1) is 27.3. The van der Waals surface area contributed by atoms with Gasteiger partial charge in [0.05, 0.1) is 16.8 Å². The highest BCUT2D eigenvalue weighted by Gasteiger charge is 2.27. The van der Waals surface area contributed by atoms with Crippen molar-refractivity contribution in [3.8, 4) is 5.69 Å². The topological polar surface area (TPSA) is 83.8 Å². The molecular weight excluding hydrogens is 564 g/mol. The quantitative estimate of drug-likeness (QED) is 0.207. The Kier molecular flexibility index (Phi) is 8.18. The number of sulfonamides is 1. The van der Waals surface area contributed by atoms with Crippen LogP contribution in [0.5, 0.6) is 0 Å². The van der Waals surface area contributed by atoms with E-state index in [-0.39, 0.29) is 4.90 Å². The molecule has 0 fully saturated rings. The van der Waals surface area contributed by atoms with Gasteiger partial charge in [0.1, 0.15) is 6.54 Å². The number of carbonyl (C=O) groups is 1. The van der Waals surface area contributed by atoms with E-state index in [4.69, 9.17) is 0 Å². The number of nitrogens with zero attached hydrogens (tertiary/aromatic N) is 3. The van der Waals surface area contributed by atoms with E-state index in [1.807, 2.05) is 64.1 Å². The summed E-state index contributed by atoms with van der Waals surface area (Å²) in [6.07, 6.45) is 1.57. The van der Waals surface area contributed by atoms with E-state index in [0.717, 1.165) is 42.5 Å². The molecule has 38 heavy (non-hydrogen) atoms. The molecule has 1 aromatic heterocycles. The van der Waals surface area contributed by atoms with Gasteiger partial charge < -0.3 is 4.57 Å². The number of carbonyl (C=O) groups excluding carboxylic acids is 1. The van der Waals surface area contributed by atoms with Crippen molar-refractivity contribution in [3.63, 3.8) is 0 Å². The Bertz CT molecular complexity index is 1570. The minimum absolute atomic E-state index is 0.107. The monoisotopic (exact) mass is 592 g/mol. The Morgan fingerprint density at radius 1 is 0.947 bits per heavy atom.